The number of aliphatic hydroxyl groups is 1. The molecule has 1 aliphatic heterocycles. The highest BCUT2D eigenvalue weighted by Gasteiger charge is 2.35. The highest BCUT2D eigenvalue weighted by Crippen LogP contribution is 2.30. The summed E-state index contributed by atoms with van der Waals surface area (Å²) < 4.78 is 39.6. The second-order valence-electron chi connectivity index (χ2n) is 4.75. The number of hydrogen-bond acceptors (Lipinski definition) is 3. The second-order valence-corrected chi connectivity index (χ2v) is 7.03. The van der Waals surface area contributed by atoms with Gasteiger partial charge in [0.15, 0.2) is 0 Å². The molecule has 1 heterocycles. The second kappa shape index (κ2) is 5.36. The summed E-state index contributed by atoms with van der Waals surface area (Å²) in [7, 11) is -4.01. The Bertz CT molecular complexity index is 558. The van der Waals surface area contributed by atoms with Gasteiger partial charge in [-0.15, -0.1) is 0 Å². The molecule has 1 fully saturated rings. The minimum Gasteiger partial charge on any atom is -0.391 e. The van der Waals surface area contributed by atoms with Crippen LogP contribution >= 0.6 is 11.6 Å². The van der Waals surface area contributed by atoms with Gasteiger partial charge in [0, 0.05) is 13.1 Å². The van der Waals surface area contributed by atoms with E-state index < -0.39 is 26.8 Å². The Labute approximate surface area is 116 Å². The zero-order chi connectivity index (χ0) is 14.2. The summed E-state index contributed by atoms with van der Waals surface area (Å²) in [5.74, 6) is -0.844. The molecule has 4 nitrogen and oxygen atoms in total. The van der Waals surface area contributed by atoms with Crippen molar-refractivity contribution in [3.8, 4) is 0 Å². The Morgan fingerprint density at radius 2 is 2.16 bits per heavy atom. The van der Waals surface area contributed by atoms with Crippen molar-refractivity contribution in [2.45, 2.75) is 24.3 Å². The quantitative estimate of drug-likeness (QED) is 0.907. The molecule has 19 heavy (non-hydrogen) atoms. The van der Waals surface area contributed by atoms with E-state index in [0.29, 0.717) is 6.42 Å². The Hall–Kier alpha value is -0.690. The van der Waals surface area contributed by atoms with Gasteiger partial charge in [-0.2, -0.15) is 4.31 Å². The van der Waals surface area contributed by atoms with Crippen LogP contribution in [0, 0.1) is 11.7 Å². The van der Waals surface area contributed by atoms with Gasteiger partial charge in [0.2, 0.25) is 10.0 Å². The molecular formula is C12H15ClFNO3S. The molecule has 1 N–H and O–H groups in total. The molecule has 2 rings (SSSR count). The summed E-state index contributed by atoms with van der Waals surface area (Å²) in [6, 6.07) is 3.74. The number of benzene rings is 1. The van der Waals surface area contributed by atoms with Gasteiger partial charge >= 0.3 is 0 Å². The third-order valence-electron chi connectivity index (χ3n) is 3.40. The van der Waals surface area contributed by atoms with Crippen LogP contribution in [0.15, 0.2) is 23.1 Å². The van der Waals surface area contributed by atoms with Crippen molar-refractivity contribution in [2.75, 3.05) is 13.1 Å². The first-order valence-corrected chi connectivity index (χ1v) is 7.78. The molecule has 2 atom stereocenters. The Morgan fingerprint density at radius 1 is 1.47 bits per heavy atom. The number of piperidine rings is 1. The molecule has 0 radical (unpaired) electrons. The van der Waals surface area contributed by atoms with Crippen molar-refractivity contribution in [1.82, 2.24) is 4.31 Å². The summed E-state index contributed by atoms with van der Waals surface area (Å²) in [6.45, 7) is 2.07. The van der Waals surface area contributed by atoms with Gasteiger partial charge in [-0.05, 0) is 24.5 Å². The van der Waals surface area contributed by atoms with Crippen LogP contribution in [0.4, 0.5) is 4.39 Å². The zero-order valence-electron chi connectivity index (χ0n) is 10.4. The lowest BCUT2D eigenvalue weighted by atomic mass is 9.98. The third-order valence-corrected chi connectivity index (χ3v) is 5.77. The monoisotopic (exact) mass is 307 g/mol. The van der Waals surface area contributed by atoms with Gasteiger partial charge in [-0.1, -0.05) is 24.6 Å². The summed E-state index contributed by atoms with van der Waals surface area (Å²) in [5.41, 5.74) is 0. The van der Waals surface area contributed by atoms with Crippen LogP contribution in [-0.4, -0.2) is 37.0 Å². The van der Waals surface area contributed by atoms with Crippen molar-refractivity contribution in [1.29, 1.82) is 0 Å². The van der Waals surface area contributed by atoms with Crippen molar-refractivity contribution < 1.29 is 17.9 Å². The minimum absolute atomic E-state index is 0.0301. The van der Waals surface area contributed by atoms with E-state index in [1.165, 1.54) is 12.1 Å². The summed E-state index contributed by atoms with van der Waals surface area (Å²) in [4.78, 5) is -0.515. The van der Waals surface area contributed by atoms with Gasteiger partial charge in [0.1, 0.15) is 10.7 Å². The van der Waals surface area contributed by atoms with Crippen molar-refractivity contribution >= 4 is 21.6 Å². The fourth-order valence-corrected chi connectivity index (χ4v) is 4.13. The van der Waals surface area contributed by atoms with E-state index in [1.807, 2.05) is 6.92 Å². The highest BCUT2D eigenvalue weighted by molar-refractivity contribution is 7.89. The number of rotatable bonds is 2. The van der Waals surface area contributed by atoms with Gasteiger partial charge in [0.25, 0.3) is 0 Å². The maximum atomic E-state index is 13.7. The zero-order valence-corrected chi connectivity index (χ0v) is 12.0. The van der Waals surface area contributed by atoms with E-state index in [2.05, 4.69) is 0 Å². The molecule has 0 aliphatic carbocycles. The van der Waals surface area contributed by atoms with Crippen molar-refractivity contribution in [3.05, 3.63) is 29.0 Å². The SMILES string of the molecule is C[C@H]1CCN(S(=O)(=O)c2c(F)cccc2Cl)C[C@H]1O. The molecule has 0 unspecified atom stereocenters. The number of nitrogens with zero attached hydrogens (tertiary/aromatic N) is 1. The fourth-order valence-electron chi connectivity index (χ4n) is 2.10. The molecule has 1 aliphatic rings. The lowest BCUT2D eigenvalue weighted by Gasteiger charge is -2.33. The molecule has 1 aromatic carbocycles. The largest absolute Gasteiger partial charge is 0.391 e. The van der Waals surface area contributed by atoms with E-state index in [1.54, 1.807) is 0 Å². The number of sulfonamides is 1. The molecule has 1 saturated heterocycles. The molecule has 0 spiro atoms. The molecule has 0 amide bonds. The number of halogens is 2. The van der Waals surface area contributed by atoms with Gasteiger partial charge < -0.3 is 5.11 Å². The van der Waals surface area contributed by atoms with Crippen LogP contribution in [0.25, 0.3) is 0 Å². The maximum Gasteiger partial charge on any atom is 0.247 e. The van der Waals surface area contributed by atoms with E-state index in [0.717, 1.165) is 10.4 Å². The van der Waals surface area contributed by atoms with Crippen LogP contribution in [0.3, 0.4) is 0 Å². The molecule has 0 bridgehead atoms. The summed E-state index contributed by atoms with van der Waals surface area (Å²) in [6.07, 6.45) is -0.207. The van der Waals surface area contributed by atoms with Gasteiger partial charge in [-0.3, -0.25) is 0 Å². The predicted molar refractivity (Wildman–Crippen MR) is 70.0 cm³/mol. The van der Waals surface area contributed by atoms with Crippen LogP contribution in [0.2, 0.25) is 5.02 Å². The first-order chi connectivity index (χ1) is 8.84. The smallest absolute Gasteiger partial charge is 0.247 e. The summed E-state index contributed by atoms with van der Waals surface area (Å²) >= 11 is 5.79. The van der Waals surface area contributed by atoms with Crippen molar-refractivity contribution in [2.24, 2.45) is 5.92 Å². The van der Waals surface area contributed by atoms with Gasteiger partial charge in [-0.25, -0.2) is 12.8 Å². The van der Waals surface area contributed by atoms with Crippen LogP contribution < -0.4 is 0 Å². The minimum atomic E-state index is -4.01. The predicted octanol–water partition coefficient (Wildman–Crippen LogP) is 1.87. The van der Waals surface area contributed by atoms with Crippen LogP contribution in [0.5, 0.6) is 0 Å². The number of aliphatic hydroxyl groups excluding tert-OH is 1. The first kappa shape index (κ1) is 14.7. The average Bonchev–Trinajstić information content (AvgIpc) is 2.32. The van der Waals surface area contributed by atoms with E-state index in [9.17, 15) is 17.9 Å². The molecule has 106 valence electrons. The third kappa shape index (κ3) is 2.76. The van der Waals surface area contributed by atoms with Crippen LogP contribution in [0.1, 0.15) is 13.3 Å². The standard InChI is InChI=1S/C12H15ClFNO3S/c1-8-5-6-15(7-11(8)16)19(17,18)12-9(13)3-2-4-10(12)14/h2-4,8,11,16H,5-7H2,1H3/t8-,11+/m0/s1. The molecule has 7 heteroatoms. The molecule has 0 saturated carbocycles. The van der Waals surface area contributed by atoms with E-state index in [-0.39, 0.29) is 24.0 Å². The Kier molecular flexibility index (Phi) is 4.15. The molecule has 0 aromatic heterocycles. The fraction of sp³-hybridized carbons (Fsp3) is 0.500. The molecule has 1 aromatic rings. The highest BCUT2D eigenvalue weighted by atomic mass is 35.5. The van der Waals surface area contributed by atoms with Crippen molar-refractivity contribution in [3.63, 3.8) is 0 Å². The topological polar surface area (TPSA) is 57.6 Å². The average molecular weight is 308 g/mol. The van der Waals surface area contributed by atoms with Crippen LogP contribution in [-0.2, 0) is 10.0 Å². The lowest BCUT2D eigenvalue weighted by molar-refractivity contribution is 0.0604. The Balaban J connectivity index is 2.38. The first-order valence-electron chi connectivity index (χ1n) is 5.96. The summed E-state index contributed by atoms with van der Waals surface area (Å²) in [5, 5.41) is 9.62. The number of hydrogen-bond donors (Lipinski definition) is 1. The lowest BCUT2D eigenvalue weighted by Crippen LogP contribution is -2.45. The van der Waals surface area contributed by atoms with E-state index >= 15 is 0 Å². The maximum absolute atomic E-state index is 13.7. The molecular weight excluding hydrogens is 293 g/mol. The normalized spacial score (nSPS) is 25.5. The van der Waals surface area contributed by atoms with E-state index in [4.69, 9.17) is 11.6 Å². The Morgan fingerprint density at radius 3 is 2.74 bits per heavy atom. The van der Waals surface area contributed by atoms with Gasteiger partial charge in [0.05, 0.1) is 11.1 Å². The number of β-amino-alcohol motifs (C(OH)–C–C–N with tert-alkyl or cyclic N) is 1.